The summed E-state index contributed by atoms with van der Waals surface area (Å²) in [6.07, 6.45) is 6.40. The van der Waals surface area contributed by atoms with Gasteiger partial charge in [-0.1, -0.05) is 6.92 Å². The van der Waals surface area contributed by atoms with E-state index in [4.69, 9.17) is 4.74 Å². The highest BCUT2D eigenvalue weighted by Crippen LogP contribution is 2.19. The summed E-state index contributed by atoms with van der Waals surface area (Å²) >= 11 is 0. The summed E-state index contributed by atoms with van der Waals surface area (Å²) in [5, 5.41) is 4.51. The monoisotopic (exact) mass is 250 g/mol. The molecule has 0 radical (unpaired) electrons. The topological polar surface area (TPSA) is 44.1 Å². The highest BCUT2D eigenvalue weighted by molar-refractivity contribution is 5.79. The average molecular weight is 250 g/mol. The Bertz CT molecular complexity index is 390. The Morgan fingerprint density at radius 3 is 2.89 bits per heavy atom. The lowest BCUT2D eigenvalue weighted by Crippen LogP contribution is -2.21. The molecular weight excluding hydrogens is 228 g/mol. The van der Waals surface area contributed by atoms with Crippen LogP contribution in [0, 0.1) is 0 Å². The molecule has 0 amide bonds. The summed E-state index contributed by atoms with van der Waals surface area (Å²) in [5.41, 5.74) is 0.979. The van der Waals surface area contributed by atoms with Gasteiger partial charge in [0.25, 0.3) is 0 Å². The van der Waals surface area contributed by atoms with E-state index in [0.29, 0.717) is 31.3 Å². The van der Waals surface area contributed by atoms with E-state index in [1.54, 1.807) is 0 Å². The van der Waals surface area contributed by atoms with E-state index in [-0.39, 0.29) is 6.10 Å². The van der Waals surface area contributed by atoms with Crippen LogP contribution in [0.15, 0.2) is 12.3 Å². The first-order chi connectivity index (χ1) is 8.69. The van der Waals surface area contributed by atoms with Crippen LogP contribution in [0.25, 0.3) is 0 Å². The van der Waals surface area contributed by atoms with Crippen LogP contribution in [0.4, 0.5) is 0 Å². The van der Waals surface area contributed by atoms with Crippen molar-refractivity contribution in [2.45, 2.75) is 64.7 Å². The lowest BCUT2D eigenvalue weighted by molar-refractivity contribution is -0.123. The molecular formula is C14H22N2O2. The molecule has 0 saturated heterocycles. The number of Topliss-reactive ketones (excluding diaryl/α,β-unsaturated/α-hetero) is 1. The fourth-order valence-corrected chi connectivity index (χ4v) is 2.17. The maximum Gasteiger partial charge on any atom is 0.133 e. The van der Waals surface area contributed by atoms with Gasteiger partial charge >= 0.3 is 0 Å². The van der Waals surface area contributed by atoms with Crippen LogP contribution in [0.2, 0.25) is 0 Å². The number of nitrogens with zero attached hydrogens (tertiary/aromatic N) is 2. The smallest absolute Gasteiger partial charge is 0.133 e. The third kappa shape index (κ3) is 3.42. The second-order valence-electron chi connectivity index (χ2n) is 5.09. The van der Waals surface area contributed by atoms with Gasteiger partial charge in [-0.15, -0.1) is 0 Å². The van der Waals surface area contributed by atoms with Gasteiger partial charge in [0.15, 0.2) is 0 Å². The third-order valence-corrected chi connectivity index (χ3v) is 3.66. The van der Waals surface area contributed by atoms with Gasteiger partial charge in [-0.2, -0.15) is 5.10 Å². The van der Waals surface area contributed by atoms with E-state index in [1.807, 2.05) is 16.9 Å². The molecule has 1 fully saturated rings. The minimum Gasteiger partial charge on any atom is -0.372 e. The van der Waals surface area contributed by atoms with Crippen LogP contribution in [0.5, 0.6) is 0 Å². The van der Waals surface area contributed by atoms with Crippen LogP contribution in [0.3, 0.4) is 0 Å². The maximum atomic E-state index is 11.1. The Hall–Kier alpha value is -1.16. The van der Waals surface area contributed by atoms with Crippen molar-refractivity contribution in [3.63, 3.8) is 0 Å². The molecule has 1 heterocycles. The standard InChI is InChI=1S/C14H22N2O2/c1-3-11(2)16-9-8-12(15-16)10-18-14-6-4-13(17)5-7-14/h8-9,11,14H,3-7,10H2,1-2H3. The van der Waals surface area contributed by atoms with Crippen LogP contribution in [-0.4, -0.2) is 21.7 Å². The van der Waals surface area contributed by atoms with Crippen molar-refractivity contribution in [3.8, 4) is 0 Å². The Labute approximate surface area is 108 Å². The average Bonchev–Trinajstić information content (AvgIpc) is 2.86. The number of ketones is 1. The molecule has 0 aliphatic heterocycles. The van der Waals surface area contributed by atoms with E-state index >= 15 is 0 Å². The minimum absolute atomic E-state index is 0.233. The number of aromatic nitrogens is 2. The van der Waals surface area contributed by atoms with Gasteiger partial charge in [0.2, 0.25) is 0 Å². The van der Waals surface area contributed by atoms with Crippen LogP contribution >= 0.6 is 0 Å². The van der Waals surface area contributed by atoms with Gasteiger partial charge in [0.1, 0.15) is 5.78 Å². The van der Waals surface area contributed by atoms with Gasteiger partial charge in [0, 0.05) is 25.1 Å². The second-order valence-corrected chi connectivity index (χ2v) is 5.09. The normalized spacial score (nSPS) is 19.1. The Morgan fingerprint density at radius 1 is 1.50 bits per heavy atom. The van der Waals surface area contributed by atoms with Crippen molar-refractivity contribution >= 4 is 5.78 Å². The highest BCUT2D eigenvalue weighted by atomic mass is 16.5. The summed E-state index contributed by atoms with van der Waals surface area (Å²) in [4.78, 5) is 11.1. The van der Waals surface area contributed by atoms with E-state index in [2.05, 4.69) is 18.9 Å². The van der Waals surface area contributed by atoms with Gasteiger partial charge in [-0.05, 0) is 32.3 Å². The molecule has 1 atom stereocenters. The first-order valence-corrected chi connectivity index (χ1v) is 6.86. The SMILES string of the molecule is CCC(C)n1ccc(COC2CCC(=O)CC2)n1. The predicted octanol–water partition coefficient (Wildman–Crippen LogP) is 2.88. The zero-order chi connectivity index (χ0) is 13.0. The largest absolute Gasteiger partial charge is 0.372 e. The van der Waals surface area contributed by atoms with E-state index < -0.39 is 0 Å². The molecule has 1 saturated carbocycles. The van der Waals surface area contributed by atoms with Crippen molar-refractivity contribution in [2.24, 2.45) is 0 Å². The lowest BCUT2D eigenvalue weighted by atomic mass is 9.96. The number of hydrogen-bond acceptors (Lipinski definition) is 3. The van der Waals surface area contributed by atoms with Crippen molar-refractivity contribution in [3.05, 3.63) is 18.0 Å². The van der Waals surface area contributed by atoms with Gasteiger partial charge in [-0.3, -0.25) is 9.48 Å². The highest BCUT2D eigenvalue weighted by Gasteiger charge is 2.19. The summed E-state index contributed by atoms with van der Waals surface area (Å²) in [5.74, 6) is 0.371. The molecule has 0 N–H and O–H groups in total. The summed E-state index contributed by atoms with van der Waals surface area (Å²) < 4.78 is 7.81. The van der Waals surface area contributed by atoms with Crippen LogP contribution in [-0.2, 0) is 16.1 Å². The zero-order valence-electron chi connectivity index (χ0n) is 11.3. The van der Waals surface area contributed by atoms with Crippen molar-refractivity contribution in [1.82, 2.24) is 9.78 Å². The van der Waals surface area contributed by atoms with Gasteiger partial charge < -0.3 is 4.74 Å². The quantitative estimate of drug-likeness (QED) is 0.807. The fraction of sp³-hybridized carbons (Fsp3) is 0.714. The molecule has 18 heavy (non-hydrogen) atoms. The molecule has 0 bridgehead atoms. The van der Waals surface area contributed by atoms with E-state index in [0.717, 1.165) is 25.0 Å². The predicted molar refractivity (Wildman–Crippen MR) is 69.3 cm³/mol. The molecule has 4 nitrogen and oxygen atoms in total. The number of rotatable bonds is 5. The van der Waals surface area contributed by atoms with E-state index in [9.17, 15) is 4.79 Å². The summed E-state index contributed by atoms with van der Waals surface area (Å²) in [6.45, 7) is 4.87. The molecule has 100 valence electrons. The fourth-order valence-electron chi connectivity index (χ4n) is 2.17. The molecule has 0 spiro atoms. The Morgan fingerprint density at radius 2 is 2.22 bits per heavy atom. The zero-order valence-corrected chi connectivity index (χ0v) is 11.3. The molecule has 0 aromatic carbocycles. The van der Waals surface area contributed by atoms with Crippen LogP contribution in [0.1, 0.15) is 57.7 Å². The lowest BCUT2D eigenvalue weighted by Gasteiger charge is -2.20. The third-order valence-electron chi connectivity index (χ3n) is 3.66. The van der Waals surface area contributed by atoms with Crippen molar-refractivity contribution in [2.75, 3.05) is 0 Å². The van der Waals surface area contributed by atoms with Crippen LogP contribution < -0.4 is 0 Å². The first-order valence-electron chi connectivity index (χ1n) is 6.86. The molecule has 4 heteroatoms. The Kier molecular flexibility index (Phi) is 4.53. The Balaban J connectivity index is 1.79. The van der Waals surface area contributed by atoms with E-state index in [1.165, 1.54) is 0 Å². The first kappa shape index (κ1) is 13.3. The molecule has 2 rings (SSSR count). The maximum absolute atomic E-state index is 11.1. The van der Waals surface area contributed by atoms with Crippen molar-refractivity contribution in [1.29, 1.82) is 0 Å². The van der Waals surface area contributed by atoms with Gasteiger partial charge in [-0.25, -0.2) is 0 Å². The minimum atomic E-state index is 0.233. The summed E-state index contributed by atoms with van der Waals surface area (Å²) in [7, 11) is 0. The summed E-state index contributed by atoms with van der Waals surface area (Å²) in [6, 6.07) is 2.45. The van der Waals surface area contributed by atoms with Crippen molar-refractivity contribution < 1.29 is 9.53 Å². The second kappa shape index (κ2) is 6.14. The number of ether oxygens (including phenoxy) is 1. The number of carbonyl (C=O) groups is 1. The molecule has 1 aliphatic carbocycles. The molecule has 1 unspecified atom stereocenters. The van der Waals surface area contributed by atoms with Gasteiger partial charge in [0.05, 0.1) is 18.4 Å². The molecule has 1 aliphatic rings. The number of carbonyl (C=O) groups excluding carboxylic acids is 1. The molecule has 1 aromatic rings. The molecule has 1 aromatic heterocycles. The number of hydrogen-bond donors (Lipinski definition) is 0.